The number of benzene rings is 1. The zero-order valence-electron chi connectivity index (χ0n) is 15.8. The molecule has 1 N–H and O–H groups in total. The van der Waals surface area contributed by atoms with Gasteiger partial charge >= 0.3 is 0 Å². The van der Waals surface area contributed by atoms with Gasteiger partial charge in [-0.15, -0.1) is 0 Å². The van der Waals surface area contributed by atoms with Crippen molar-refractivity contribution in [3.63, 3.8) is 0 Å². The molecular weight excluding hydrogens is 368 g/mol. The van der Waals surface area contributed by atoms with Crippen LogP contribution < -0.4 is 5.32 Å². The van der Waals surface area contributed by atoms with Crippen molar-refractivity contribution in [1.29, 1.82) is 0 Å². The number of aryl methyl sites for hydroxylation is 2. The van der Waals surface area contributed by atoms with Crippen LogP contribution in [0, 0.1) is 13.8 Å². The zero-order valence-corrected chi connectivity index (χ0v) is 16.6. The van der Waals surface area contributed by atoms with Gasteiger partial charge in [-0.3, -0.25) is 14.3 Å². The molecule has 0 spiro atoms. The smallest absolute Gasteiger partial charge is 0.256 e. The Morgan fingerprint density at radius 1 is 1.33 bits per heavy atom. The molecule has 144 valence electrons. The van der Waals surface area contributed by atoms with E-state index < -0.39 is 12.1 Å². The van der Waals surface area contributed by atoms with Gasteiger partial charge in [-0.1, -0.05) is 23.7 Å². The number of aromatic nitrogens is 2. The quantitative estimate of drug-likeness (QED) is 0.870. The molecule has 27 heavy (non-hydrogen) atoms. The highest BCUT2D eigenvalue weighted by Crippen LogP contribution is 2.31. The summed E-state index contributed by atoms with van der Waals surface area (Å²) in [6, 6.07) is 6.54. The number of amides is 2. The molecule has 2 aromatic rings. The van der Waals surface area contributed by atoms with Crippen molar-refractivity contribution in [2.24, 2.45) is 0 Å². The van der Waals surface area contributed by atoms with E-state index >= 15 is 0 Å². The summed E-state index contributed by atoms with van der Waals surface area (Å²) in [6.07, 6.45) is -0.836. The summed E-state index contributed by atoms with van der Waals surface area (Å²) in [5.74, 6) is -0.485. The minimum atomic E-state index is -0.836. The van der Waals surface area contributed by atoms with Crippen LogP contribution in [-0.2, 0) is 20.9 Å². The number of carbonyl (C=O) groups excluding carboxylic acids is 2. The molecule has 1 fully saturated rings. The van der Waals surface area contributed by atoms with E-state index in [2.05, 4.69) is 10.4 Å². The lowest BCUT2D eigenvalue weighted by atomic mass is 9.97. The van der Waals surface area contributed by atoms with Gasteiger partial charge in [0.25, 0.3) is 5.91 Å². The molecule has 0 radical (unpaired) electrons. The van der Waals surface area contributed by atoms with E-state index in [1.165, 1.54) is 0 Å². The number of nitrogens with one attached hydrogen (secondary N) is 1. The Labute approximate surface area is 163 Å². The summed E-state index contributed by atoms with van der Waals surface area (Å²) >= 11 is 5.97. The van der Waals surface area contributed by atoms with Crippen molar-refractivity contribution in [2.75, 3.05) is 19.0 Å². The Balaban J connectivity index is 1.90. The molecule has 0 aliphatic carbocycles. The fourth-order valence-corrected chi connectivity index (χ4v) is 3.50. The number of morpholine rings is 1. The van der Waals surface area contributed by atoms with E-state index in [1.807, 2.05) is 25.5 Å². The van der Waals surface area contributed by atoms with Crippen LogP contribution in [0.4, 0.5) is 5.69 Å². The van der Waals surface area contributed by atoms with E-state index in [4.69, 9.17) is 16.3 Å². The maximum Gasteiger partial charge on any atom is 0.256 e. The number of anilines is 1. The van der Waals surface area contributed by atoms with E-state index in [0.717, 1.165) is 17.0 Å². The topological polar surface area (TPSA) is 76.5 Å². The van der Waals surface area contributed by atoms with Crippen LogP contribution in [0.25, 0.3) is 0 Å². The first-order valence-corrected chi connectivity index (χ1v) is 9.18. The maximum atomic E-state index is 13.0. The van der Waals surface area contributed by atoms with E-state index in [-0.39, 0.29) is 18.4 Å². The van der Waals surface area contributed by atoms with Gasteiger partial charge in [0.2, 0.25) is 5.91 Å². The predicted octanol–water partition coefficient (Wildman–Crippen LogP) is 2.71. The molecule has 1 aromatic carbocycles. The van der Waals surface area contributed by atoms with Crippen molar-refractivity contribution >= 4 is 29.1 Å². The number of nitrogens with zero attached hydrogens (tertiary/aromatic N) is 3. The summed E-state index contributed by atoms with van der Waals surface area (Å²) in [5.41, 5.74) is 3.09. The standard InChI is InChI=1S/C19H23ClN4O3/c1-5-24-12(3)16(11(2)22-24)21-19(26)18-17(23(4)15(25)10-27-18)13-6-8-14(20)9-7-13/h6-9,17-18H,5,10H2,1-4H3,(H,21,26). The Morgan fingerprint density at radius 2 is 2.00 bits per heavy atom. The molecule has 0 saturated carbocycles. The van der Waals surface area contributed by atoms with Gasteiger partial charge in [-0.05, 0) is 38.5 Å². The first kappa shape index (κ1) is 19.4. The highest BCUT2D eigenvalue weighted by Gasteiger charge is 2.40. The van der Waals surface area contributed by atoms with Crippen LogP contribution in [-0.4, -0.2) is 46.3 Å². The molecule has 2 amide bonds. The van der Waals surface area contributed by atoms with Gasteiger partial charge in [-0.2, -0.15) is 5.10 Å². The van der Waals surface area contributed by atoms with Crippen LogP contribution in [0.1, 0.15) is 29.9 Å². The van der Waals surface area contributed by atoms with E-state index in [0.29, 0.717) is 17.3 Å². The first-order valence-electron chi connectivity index (χ1n) is 8.81. The van der Waals surface area contributed by atoms with Crippen LogP contribution in [0.15, 0.2) is 24.3 Å². The monoisotopic (exact) mass is 390 g/mol. The number of ether oxygens (including phenoxy) is 1. The fraction of sp³-hybridized carbons (Fsp3) is 0.421. The molecule has 7 nitrogen and oxygen atoms in total. The second-order valence-electron chi connectivity index (χ2n) is 6.58. The lowest BCUT2D eigenvalue weighted by Gasteiger charge is -2.38. The van der Waals surface area contributed by atoms with Crippen molar-refractivity contribution in [3.05, 3.63) is 46.2 Å². The molecule has 2 unspecified atom stereocenters. The van der Waals surface area contributed by atoms with Crippen LogP contribution in [0.5, 0.6) is 0 Å². The van der Waals surface area contributed by atoms with Crippen LogP contribution >= 0.6 is 11.6 Å². The summed E-state index contributed by atoms with van der Waals surface area (Å²) in [4.78, 5) is 26.7. The lowest BCUT2D eigenvalue weighted by molar-refractivity contribution is -0.160. The molecule has 3 rings (SSSR count). The third-order valence-electron chi connectivity index (χ3n) is 4.88. The predicted molar refractivity (Wildman–Crippen MR) is 103 cm³/mol. The highest BCUT2D eigenvalue weighted by molar-refractivity contribution is 6.30. The summed E-state index contributed by atoms with van der Waals surface area (Å²) in [5, 5.41) is 7.95. The van der Waals surface area contributed by atoms with Crippen molar-refractivity contribution < 1.29 is 14.3 Å². The average Bonchev–Trinajstić information content (AvgIpc) is 2.92. The van der Waals surface area contributed by atoms with Gasteiger partial charge in [-0.25, -0.2) is 0 Å². The normalized spacial score (nSPS) is 20.0. The highest BCUT2D eigenvalue weighted by atomic mass is 35.5. The molecule has 8 heteroatoms. The van der Waals surface area contributed by atoms with Gasteiger partial charge in [0.15, 0.2) is 6.10 Å². The molecule has 1 aliphatic rings. The van der Waals surface area contributed by atoms with Gasteiger partial charge < -0.3 is 15.0 Å². The number of halogens is 1. The Kier molecular flexibility index (Phi) is 5.53. The zero-order chi connectivity index (χ0) is 19.7. The molecule has 1 saturated heterocycles. The lowest BCUT2D eigenvalue weighted by Crippen LogP contribution is -2.51. The third kappa shape index (κ3) is 3.70. The van der Waals surface area contributed by atoms with Crippen LogP contribution in [0.2, 0.25) is 5.02 Å². The maximum absolute atomic E-state index is 13.0. The Hall–Kier alpha value is -2.38. The molecule has 2 atom stereocenters. The van der Waals surface area contributed by atoms with Crippen molar-refractivity contribution in [3.8, 4) is 0 Å². The number of rotatable bonds is 4. The average molecular weight is 391 g/mol. The summed E-state index contributed by atoms with van der Waals surface area (Å²) < 4.78 is 7.47. The minimum absolute atomic E-state index is 0.134. The van der Waals surface area contributed by atoms with E-state index in [9.17, 15) is 9.59 Å². The fourth-order valence-electron chi connectivity index (χ4n) is 3.37. The number of hydrogen-bond acceptors (Lipinski definition) is 4. The molecule has 1 aliphatic heterocycles. The number of likely N-dealkylation sites (N-methyl/N-ethyl adjacent to an activating group) is 1. The molecule has 2 heterocycles. The second kappa shape index (κ2) is 7.70. The SMILES string of the molecule is CCn1nc(C)c(NC(=O)C2OCC(=O)N(C)C2c2ccc(Cl)cc2)c1C. The molecule has 0 bridgehead atoms. The van der Waals surface area contributed by atoms with Gasteiger partial charge in [0.05, 0.1) is 23.1 Å². The Bertz CT molecular complexity index is 863. The van der Waals surface area contributed by atoms with E-state index in [1.54, 1.807) is 36.2 Å². The summed E-state index contributed by atoms with van der Waals surface area (Å²) in [7, 11) is 1.68. The number of hydrogen-bond donors (Lipinski definition) is 1. The largest absolute Gasteiger partial charge is 0.356 e. The summed E-state index contributed by atoms with van der Waals surface area (Å²) in [6.45, 7) is 6.33. The number of carbonyl (C=O) groups is 2. The minimum Gasteiger partial charge on any atom is -0.356 e. The van der Waals surface area contributed by atoms with Gasteiger partial charge in [0.1, 0.15) is 6.61 Å². The van der Waals surface area contributed by atoms with Crippen LogP contribution in [0.3, 0.4) is 0 Å². The third-order valence-corrected chi connectivity index (χ3v) is 5.13. The molecular formula is C19H23ClN4O3. The first-order chi connectivity index (χ1) is 12.8. The second-order valence-corrected chi connectivity index (χ2v) is 7.02. The molecule has 1 aromatic heterocycles. The van der Waals surface area contributed by atoms with Crippen molar-refractivity contribution in [2.45, 2.75) is 39.5 Å². The van der Waals surface area contributed by atoms with Gasteiger partial charge in [0, 0.05) is 18.6 Å². The van der Waals surface area contributed by atoms with Crippen molar-refractivity contribution in [1.82, 2.24) is 14.7 Å². The Morgan fingerprint density at radius 3 is 2.59 bits per heavy atom.